The van der Waals surface area contributed by atoms with Crippen molar-refractivity contribution < 1.29 is 4.74 Å². The van der Waals surface area contributed by atoms with Gasteiger partial charge in [-0.3, -0.25) is 0 Å². The Morgan fingerprint density at radius 1 is 1.25 bits per heavy atom. The molecular weight excluding hydrogens is 218 g/mol. The van der Waals surface area contributed by atoms with E-state index in [9.17, 15) is 0 Å². The van der Waals surface area contributed by atoms with Crippen molar-refractivity contribution in [3.05, 3.63) is 29.8 Å². The number of nitrogens with one attached hydrogen (secondary N) is 1. The fourth-order valence-corrected chi connectivity index (χ4v) is 1.88. The molecule has 16 heavy (non-hydrogen) atoms. The van der Waals surface area contributed by atoms with E-state index in [2.05, 4.69) is 49.7 Å². The highest BCUT2D eigenvalue weighted by atomic mass is 32.2. The zero-order chi connectivity index (χ0) is 12.0. The van der Waals surface area contributed by atoms with Crippen LogP contribution in [0.3, 0.4) is 0 Å². The minimum absolute atomic E-state index is 0.276. The van der Waals surface area contributed by atoms with Gasteiger partial charge in [0.15, 0.2) is 0 Å². The van der Waals surface area contributed by atoms with E-state index in [0.29, 0.717) is 6.61 Å². The highest BCUT2D eigenvalue weighted by Gasteiger charge is 2.09. The molecule has 1 aromatic carbocycles. The molecule has 2 nitrogen and oxygen atoms in total. The minimum Gasteiger partial charge on any atom is -0.377 e. The number of ether oxygens (including phenoxy) is 1. The molecule has 0 saturated carbocycles. The summed E-state index contributed by atoms with van der Waals surface area (Å²) in [6, 6.07) is 8.91. The van der Waals surface area contributed by atoms with E-state index in [1.54, 1.807) is 11.8 Å². The van der Waals surface area contributed by atoms with E-state index in [-0.39, 0.29) is 12.1 Å². The average molecular weight is 239 g/mol. The van der Waals surface area contributed by atoms with Crippen molar-refractivity contribution in [1.29, 1.82) is 0 Å². The van der Waals surface area contributed by atoms with Crippen LogP contribution >= 0.6 is 11.8 Å². The molecule has 0 aliphatic rings. The first-order valence-corrected chi connectivity index (χ1v) is 6.82. The molecule has 0 aliphatic carbocycles. The molecule has 1 atom stereocenters. The number of hydrogen-bond acceptors (Lipinski definition) is 3. The number of rotatable bonds is 6. The largest absolute Gasteiger partial charge is 0.377 e. The molecule has 0 saturated heterocycles. The van der Waals surface area contributed by atoms with Crippen LogP contribution in [-0.2, 0) is 4.74 Å². The van der Waals surface area contributed by atoms with Crippen molar-refractivity contribution in [2.24, 2.45) is 0 Å². The zero-order valence-electron chi connectivity index (χ0n) is 10.5. The second-order valence-electron chi connectivity index (χ2n) is 4.00. The second-order valence-corrected chi connectivity index (χ2v) is 4.88. The Morgan fingerprint density at radius 2 is 1.88 bits per heavy atom. The van der Waals surface area contributed by atoms with Gasteiger partial charge in [0.25, 0.3) is 0 Å². The fourth-order valence-electron chi connectivity index (χ4n) is 1.47. The summed E-state index contributed by atoms with van der Waals surface area (Å²) in [5.74, 6) is 0. The highest BCUT2D eigenvalue weighted by molar-refractivity contribution is 7.98. The van der Waals surface area contributed by atoms with E-state index in [1.165, 1.54) is 10.5 Å². The Bertz CT molecular complexity index is 297. The smallest absolute Gasteiger partial charge is 0.0664 e. The van der Waals surface area contributed by atoms with Gasteiger partial charge in [-0.1, -0.05) is 12.1 Å². The molecule has 1 rings (SSSR count). The molecule has 0 amide bonds. The predicted molar refractivity (Wildman–Crippen MR) is 71.1 cm³/mol. The Labute approximate surface area is 103 Å². The first-order chi connectivity index (χ1) is 7.67. The van der Waals surface area contributed by atoms with Crippen LogP contribution in [0.15, 0.2) is 29.2 Å². The molecular formula is C13H21NOS. The Balaban J connectivity index is 2.63. The molecule has 0 bridgehead atoms. The van der Waals surface area contributed by atoms with Crippen molar-refractivity contribution in [3.8, 4) is 0 Å². The lowest BCUT2D eigenvalue weighted by Gasteiger charge is -2.18. The van der Waals surface area contributed by atoms with Gasteiger partial charge in [0.1, 0.15) is 0 Å². The molecule has 1 aromatic rings. The van der Waals surface area contributed by atoms with E-state index >= 15 is 0 Å². The number of thioether (sulfide) groups is 1. The summed E-state index contributed by atoms with van der Waals surface area (Å²) >= 11 is 1.76. The van der Waals surface area contributed by atoms with Gasteiger partial charge in [0.05, 0.1) is 18.8 Å². The molecule has 0 spiro atoms. The molecule has 1 N–H and O–H groups in total. The summed E-state index contributed by atoms with van der Waals surface area (Å²) in [5.41, 5.74) is 1.28. The SMILES string of the molecule is CNC(COC(C)C)c1ccc(SC)cc1. The summed E-state index contributed by atoms with van der Waals surface area (Å²) in [6.45, 7) is 4.83. The van der Waals surface area contributed by atoms with Crippen LogP contribution in [0, 0.1) is 0 Å². The van der Waals surface area contributed by atoms with Gasteiger partial charge in [0, 0.05) is 4.90 Å². The quantitative estimate of drug-likeness (QED) is 0.771. The van der Waals surface area contributed by atoms with Crippen molar-refractivity contribution in [1.82, 2.24) is 5.32 Å². The molecule has 0 heterocycles. The van der Waals surface area contributed by atoms with E-state index in [1.807, 2.05) is 7.05 Å². The topological polar surface area (TPSA) is 21.3 Å². The van der Waals surface area contributed by atoms with Crippen molar-refractivity contribution in [2.75, 3.05) is 19.9 Å². The van der Waals surface area contributed by atoms with E-state index in [0.717, 1.165) is 0 Å². The number of likely N-dealkylation sites (N-methyl/N-ethyl adjacent to an activating group) is 1. The summed E-state index contributed by atoms with van der Waals surface area (Å²) in [4.78, 5) is 1.29. The molecule has 0 radical (unpaired) electrons. The third-order valence-electron chi connectivity index (χ3n) is 2.46. The van der Waals surface area contributed by atoms with Crippen LogP contribution in [-0.4, -0.2) is 26.0 Å². The van der Waals surface area contributed by atoms with Crippen LogP contribution in [0.1, 0.15) is 25.5 Å². The zero-order valence-corrected chi connectivity index (χ0v) is 11.3. The molecule has 0 fully saturated rings. The molecule has 1 unspecified atom stereocenters. The van der Waals surface area contributed by atoms with Crippen LogP contribution < -0.4 is 5.32 Å². The lowest BCUT2D eigenvalue weighted by atomic mass is 10.1. The summed E-state index contributed by atoms with van der Waals surface area (Å²) in [6.07, 6.45) is 2.37. The monoisotopic (exact) mass is 239 g/mol. The van der Waals surface area contributed by atoms with Gasteiger partial charge in [-0.2, -0.15) is 0 Å². The third kappa shape index (κ3) is 4.16. The fraction of sp³-hybridized carbons (Fsp3) is 0.538. The lowest BCUT2D eigenvalue weighted by molar-refractivity contribution is 0.0626. The van der Waals surface area contributed by atoms with Crippen LogP contribution in [0.25, 0.3) is 0 Å². The van der Waals surface area contributed by atoms with Gasteiger partial charge < -0.3 is 10.1 Å². The van der Waals surface area contributed by atoms with Crippen molar-refractivity contribution >= 4 is 11.8 Å². The van der Waals surface area contributed by atoms with E-state index < -0.39 is 0 Å². The molecule has 90 valence electrons. The maximum absolute atomic E-state index is 5.64. The van der Waals surface area contributed by atoms with Gasteiger partial charge in [-0.05, 0) is 44.8 Å². The van der Waals surface area contributed by atoms with Gasteiger partial charge in [-0.15, -0.1) is 11.8 Å². The Morgan fingerprint density at radius 3 is 2.31 bits per heavy atom. The number of hydrogen-bond donors (Lipinski definition) is 1. The lowest BCUT2D eigenvalue weighted by Crippen LogP contribution is -2.23. The highest BCUT2D eigenvalue weighted by Crippen LogP contribution is 2.19. The van der Waals surface area contributed by atoms with E-state index in [4.69, 9.17) is 4.74 Å². The molecule has 0 aromatic heterocycles. The second kappa shape index (κ2) is 6.94. The van der Waals surface area contributed by atoms with Gasteiger partial charge >= 0.3 is 0 Å². The Kier molecular flexibility index (Phi) is 5.88. The third-order valence-corrected chi connectivity index (χ3v) is 3.21. The van der Waals surface area contributed by atoms with Gasteiger partial charge in [0.2, 0.25) is 0 Å². The summed E-state index contributed by atoms with van der Waals surface area (Å²) in [7, 11) is 1.97. The minimum atomic E-state index is 0.276. The number of benzene rings is 1. The van der Waals surface area contributed by atoms with Crippen LogP contribution in [0.2, 0.25) is 0 Å². The maximum Gasteiger partial charge on any atom is 0.0664 e. The maximum atomic E-state index is 5.64. The molecule has 3 heteroatoms. The first kappa shape index (κ1) is 13.6. The van der Waals surface area contributed by atoms with Crippen molar-refractivity contribution in [3.63, 3.8) is 0 Å². The van der Waals surface area contributed by atoms with Crippen LogP contribution in [0.5, 0.6) is 0 Å². The average Bonchev–Trinajstić information content (AvgIpc) is 2.30. The van der Waals surface area contributed by atoms with Gasteiger partial charge in [-0.25, -0.2) is 0 Å². The van der Waals surface area contributed by atoms with Crippen molar-refractivity contribution in [2.45, 2.75) is 30.9 Å². The predicted octanol–water partition coefficient (Wildman–Crippen LogP) is 3.09. The Hall–Kier alpha value is -0.510. The first-order valence-electron chi connectivity index (χ1n) is 5.60. The van der Waals surface area contributed by atoms with Crippen LogP contribution in [0.4, 0.5) is 0 Å². The standard InChI is InChI=1S/C13H21NOS/c1-10(2)15-9-13(14-3)11-5-7-12(16-4)8-6-11/h5-8,10,13-14H,9H2,1-4H3. The molecule has 0 aliphatic heterocycles. The summed E-state index contributed by atoms with van der Waals surface area (Å²) < 4.78 is 5.64. The summed E-state index contributed by atoms with van der Waals surface area (Å²) in [5, 5.41) is 3.28. The normalized spacial score (nSPS) is 13.1.